The van der Waals surface area contributed by atoms with Crippen LogP contribution in [-0.2, 0) is 41.8 Å². The smallest absolute Gasteiger partial charge is 0.462 e. The topological polar surface area (TPSA) is 216 Å². The maximum absolute atomic E-state index is 12.7. The number of unbranched alkanes of at least 4 members (excludes halogenated alkanes) is 8. The molecule has 2 unspecified atom stereocenters. The minimum Gasteiger partial charge on any atom is -0.462 e. The number of phosphoric acid groups is 2. The zero-order valence-electron chi connectivity index (χ0n) is 35.9. The largest absolute Gasteiger partial charge is 0.472 e. The summed E-state index contributed by atoms with van der Waals surface area (Å²) in [5.41, 5.74) is 0. The molecule has 0 saturated heterocycles. The van der Waals surface area contributed by atoms with E-state index in [1.807, 2.05) is 12.2 Å². The van der Waals surface area contributed by atoms with Crippen molar-refractivity contribution in [2.24, 2.45) is 0 Å². The van der Waals surface area contributed by atoms with Crippen LogP contribution in [0.25, 0.3) is 0 Å². The van der Waals surface area contributed by atoms with Crippen LogP contribution in [0.1, 0.15) is 136 Å². The molecule has 0 aromatic heterocycles. The highest BCUT2D eigenvalue weighted by Crippen LogP contribution is 2.43. The number of allylic oxidation sites excluding steroid dienone is 13. The second-order valence-electron chi connectivity index (χ2n) is 14.1. The van der Waals surface area contributed by atoms with Gasteiger partial charge in [0, 0.05) is 12.8 Å². The lowest BCUT2D eigenvalue weighted by Crippen LogP contribution is -2.30. The molecule has 0 amide bonds. The quantitative estimate of drug-likeness (QED) is 0.0128. The summed E-state index contributed by atoms with van der Waals surface area (Å²) < 4.78 is 47.6. The number of ether oxygens (including phenoxy) is 2. The SMILES string of the molecule is CC/C=C\C/C=C\C/C=C\C/C=C\C=C\C(O)CCCC(=O)O[C@H](COC(=O)CCCCCCC/C=C\C/C=C\CCCCC)COP(=O)(O)OC[C@@H](O)COP(=O)(O)O. The van der Waals surface area contributed by atoms with E-state index < -0.39 is 72.3 Å². The Labute approximate surface area is 359 Å². The molecule has 4 atom stereocenters. The molecule has 0 aliphatic carbocycles. The van der Waals surface area contributed by atoms with E-state index in [0.717, 1.165) is 70.6 Å². The number of carbonyl (C=O) groups excluding carboxylic acids is 2. The fraction of sp³-hybridized carbons (Fsp3) is 0.636. The average molecular weight is 889 g/mol. The van der Waals surface area contributed by atoms with Crippen LogP contribution in [0.15, 0.2) is 85.1 Å². The maximum atomic E-state index is 12.7. The number of aliphatic hydroxyl groups is 2. The summed E-state index contributed by atoms with van der Waals surface area (Å²) in [5.74, 6) is -1.26. The van der Waals surface area contributed by atoms with Gasteiger partial charge in [-0.05, 0) is 77.0 Å². The van der Waals surface area contributed by atoms with Gasteiger partial charge in [-0.1, -0.05) is 131 Å². The van der Waals surface area contributed by atoms with Gasteiger partial charge in [0.2, 0.25) is 0 Å². The highest BCUT2D eigenvalue weighted by atomic mass is 31.2. The molecule has 0 aliphatic rings. The second-order valence-corrected chi connectivity index (χ2v) is 16.8. The van der Waals surface area contributed by atoms with E-state index >= 15 is 0 Å². The van der Waals surface area contributed by atoms with Gasteiger partial charge >= 0.3 is 27.6 Å². The van der Waals surface area contributed by atoms with Crippen molar-refractivity contribution in [2.75, 3.05) is 26.4 Å². The molecule has 14 nitrogen and oxygen atoms in total. The number of hydrogen-bond acceptors (Lipinski definition) is 11. The van der Waals surface area contributed by atoms with Gasteiger partial charge in [0.25, 0.3) is 0 Å². The van der Waals surface area contributed by atoms with Gasteiger partial charge in [0.15, 0.2) is 6.10 Å². The van der Waals surface area contributed by atoms with Crippen molar-refractivity contribution in [3.05, 3.63) is 85.1 Å². The molecule has 60 heavy (non-hydrogen) atoms. The molecule has 0 aliphatic heterocycles. The van der Waals surface area contributed by atoms with Crippen LogP contribution >= 0.6 is 15.6 Å². The molecule has 0 fully saturated rings. The third-order valence-electron chi connectivity index (χ3n) is 8.36. The molecule has 16 heteroatoms. The molecule has 0 aromatic carbocycles. The fourth-order valence-corrected chi connectivity index (χ4v) is 6.27. The Bertz CT molecular complexity index is 1400. The molecule has 0 radical (unpaired) electrons. The molecule has 0 spiro atoms. The Balaban J connectivity index is 4.77. The zero-order valence-corrected chi connectivity index (χ0v) is 37.7. The lowest BCUT2D eigenvalue weighted by Gasteiger charge is -2.20. The van der Waals surface area contributed by atoms with Crippen LogP contribution in [0.5, 0.6) is 0 Å². The Morgan fingerprint density at radius 1 is 0.567 bits per heavy atom. The summed E-state index contributed by atoms with van der Waals surface area (Å²) in [4.78, 5) is 52.7. The monoisotopic (exact) mass is 888 g/mol. The number of hydrogen-bond donors (Lipinski definition) is 5. The van der Waals surface area contributed by atoms with Crippen LogP contribution in [0.2, 0.25) is 0 Å². The van der Waals surface area contributed by atoms with Crippen molar-refractivity contribution in [3.63, 3.8) is 0 Å². The van der Waals surface area contributed by atoms with Crippen molar-refractivity contribution in [1.82, 2.24) is 0 Å². The number of esters is 2. The minimum atomic E-state index is -4.89. The molecule has 0 aromatic rings. The van der Waals surface area contributed by atoms with Gasteiger partial charge in [-0.15, -0.1) is 0 Å². The van der Waals surface area contributed by atoms with E-state index in [0.29, 0.717) is 6.42 Å². The first-order valence-corrected chi connectivity index (χ1v) is 24.4. The van der Waals surface area contributed by atoms with Gasteiger partial charge < -0.3 is 34.4 Å². The Morgan fingerprint density at radius 3 is 1.73 bits per heavy atom. The molecule has 0 bridgehead atoms. The Kier molecular flexibility index (Phi) is 37.3. The summed E-state index contributed by atoms with van der Waals surface area (Å²) in [6.45, 7) is 1.36. The highest BCUT2D eigenvalue weighted by Gasteiger charge is 2.28. The van der Waals surface area contributed by atoms with E-state index in [9.17, 15) is 33.8 Å². The number of phosphoric ester groups is 2. The van der Waals surface area contributed by atoms with Crippen LogP contribution in [0.4, 0.5) is 0 Å². The second kappa shape index (κ2) is 39.1. The summed E-state index contributed by atoms with van der Waals surface area (Å²) in [7, 11) is -9.76. The normalized spacial score (nSPS) is 15.4. The summed E-state index contributed by atoms with van der Waals surface area (Å²) in [6, 6.07) is 0. The summed E-state index contributed by atoms with van der Waals surface area (Å²) in [5, 5.41) is 20.0. The number of aliphatic hydroxyl groups excluding tert-OH is 2. The first-order valence-electron chi connectivity index (χ1n) is 21.4. The lowest BCUT2D eigenvalue weighted by molar-refractivity contribution is -0.161. The molecule has 0 saturated carbocycles. The van der Waals surface area contributed by atoms with Crippen molar-refractivity contribution in [2.45, 2.75) is 154 Å². The maximum Gasteiger partial charge on any atom is 0.472 e. The summed E-state index contributed by atoms with van der Waals surface area (Å²) in [6.07, 6.45) is 40.3. The van der Waals surface area contributed by atoms with E-state index in [2.05, 4.69) is 83.7 Å². The van der Waals surface area contributed by atoms with E-state index in [4.69, 9.17) is 23.8 Å². The lowest BCUT2D eigenvalue weighted by atomic mass is 10.1. The molecular formula is C44H74O14P2. The van der Waals surface area contributed by atoms with Gasteiger partial charge in [-0.25, -0.2) is 9.13 Å². The minimum absolute atomic E-state index is 0.107. The standard InChI is InChI=1S/C44H74O14P2/c1-3-5-7-9-11-13-15-17-18-20-22-24-26-28-30-34-43(47)54-38-42(39-57-60(52,53)56-37-41(46)36-55-59(49,50)51)58-44(48)35-31-33-40(45)32-29-27-25-23-21-19-16-14-12-10-8-6-4-2/h6,8,11-14,17-19,21,25,27,29,32,40-42,45-46H,3-5,7,9-10,15-16,20,22-24,26,28,30-31,33-39H2,1-2H3,(H,52,53)(H2,49,50,51)/b8-6-,13-11-,14-12-,18-17-,21-19-,27-25-,32-29+/t40?,41-,42+/m0/s1. The first kappa shape index (κ1) is 57.3. The molecule has 5 N–H and O–H groups in total. The Morgan fingerprint density at radius 2 is 1.10 bits per heavy atom. The van der Waals surface area contributed by atoms with Gasteiger partial charge in [-0.3, -0.25) is 23.2 Å². The van der Waals surface area contributed by atoms with Crippen molar-refractivity contribution in [3.8, 4) is 0 Å². The van der Waals surface area contributed by atoms with Crippen molar-refractivity contribution in [1.29, 1.82) is 0 Å². The predicted octanol–water partition coefficient (Wildman–Crippen LogP) is 9.75. The van der Waals surface area contributed by atoms with Crippen molar-refractivity contribution < 1.29 is 66.7 Å². The average Bonchev–Trinajstić information content (AvgIpc) is 3.20. The van der Waals surface area contributed by atoms with Crippen LogP contribution in [0.3, 0.4) is 0 Å². The third-order valence-corrected chi connectivity index (χ3v) is 9.80. The third kappa shape index (κ3) is 42.0. The van der Waals surface area contributed by atoms with E-state index in [1.54, 1.807) is 12.2 Å². The molecule has 0 rings (SSSR count). The molecular weight excluding hydrogens is 814 g/mol. The predicted molar refractivity (Wildman–Crippen MR) is 236 cm³/mol. The number of carbonyl (C=O) groups is 2. The molecule has 0 heterocycles. The molecule has 344 valence electrons. The van der Waals surface area contributed by atoms with Crippen LogP contribution in [0, 0.1) is 0 Å². The van der Waals surface area contributed by atoms with Crippen molar-refractivity contribution >= 4 is 27.6 Å². The van der Waals surface area contributed by atoms with Gasteiger partial charge in [0.1, 0.15) is 12.7 Å². The van der Waals surface area contributed by atoms with Gasteiger partial charge in [0.05, 0.1) is 25.9 Å². The highest BCUT2D eigenvalue weighted by molar-refractivity contribution is 7.47. The zero-order chi connectivity index (χ0) is 44.6. The summed E-state index contributed by atoms with van der Waals surface area (Å²) >= 11 is 0. The van der Waals surface area contributed by atoms with Crippen LogP contribution in [-0.4, -0.2) is 81.6 Å². The van der Waals surface area contributed by atoms with Crippen LogP contribution < -0.4 is 0 Å². The van der Waals surface area contributed by atoms with E-state index in [-0.39, 0.29) is 25.7 Å². The van der Waals surface area contributed by atoms with Gasteiger partial charge in [-0.2, -0.15) is 0 Å². The Hall–Kier alpha value is -2.74. The fourth-order valence-electron chi connectivity index (χ4n) is 5.11. The number of rotatable bonds is 39. The van der Waals surface area contributed by atoms with E-state index in [1.165, 1.54) is 19.3 Å². The first-order chi connectivity index (χ1) is 28.8.